The largest absolute Gasteiger partial charge is 0.369 e. The van der Waals surface area contributed by atoms with Crippen LogP contribution in [0.15, 0.2) is 24.3 Å². The van der Waals surface area contributed by atoms with Crippen LogP contribution in [0.4, 0.5) is 5.69 Å². The van der Waals surface area contributed by atoms with Crippen LogP contribution in [0.3, 0.4) is 0 Å². The van der Waals surface area contributed by atoms with E-state index < -0.39 is 0 Å². The molecule has 1 saturated heterocycles. The fraction of sp³-hybridized carbons (Fsp3) is 0.500. The van der Waals surface area contributed by atoms with Gasteiger partial charge in [0, 0.05) is 31.4 Å². The Morgan fingerprint density at radius 3 is 3.00 bits per heavy atom. The Bertz CT molecular complexity index is 309. The first-order valence-corrected chi connectivity index (χ1v) is 5.24. The minimum atomic E-state index is 0.476. The molecule has 1 heterocycles. The van der Waals surface area contributed by atoms with Gasteiger partial charge in [-0.3, -0.25) is 0 Å². The minimum Gasteiger partial charge on any atom is -0.369 e. The zero-order chi connectivity index (χ0) is 9.97. The third-order valence-corrected chi connectivity index (χ3v) is 2.66. The van der Waals surface area contributed by atoms with Crippen molar-refractivity contribution in [2.45, 2.75) is 19.9 Å². The predicted octanol–water partition coefficient (Wildman–Crippen LogP) is 1.81. The van der Waals surface area contributed by atoms with Crippen LogP contribution in [0.2, 0.25) is 0 Å². The number of benzene rings is 1. The number of nitrogens with zero attached hydrogens (tertiary/aromatic N) is 2. The van der Waals surface area contributed by atoms with E-state index in [0.717, 1.165) is 19.6 Å². The molecule has 1 aliphatic rings. The van der Waals surface area contributed by atoms with Crippen molar-refractivity contribution in [3.05, 3.63) is 29.8 Å². The lowest BCUT2D eigenvalue weighted by Gasteiger charge is -2.32. The van der Waals surface area contributed by atoms with E-state index in [9.17, 15) is 0 Å². The van der Waals surface area contributed by atoms with Crippen molar-refractivity contribution < 1.29 is 0 Å². The molecule has 1 radical (unpaired) electrons. The van der Waals surface area contributed by atoms with E-state index in [1.165, 1.54) is 11.3 Å². The molecule has 1 aliphatic heterocycles. The van der Waals surface area contributed by atoms with Crippen LogP contribution in [-0.4, -0.2) is 25.7 Å². The van der Waals surface area contributed by atoms with E-state index in [4.69, 9.17) is 0 Å². The number of hydrogen-bond acceptors (Lipinski definition) is 1. The van der Waals surface area contributed by atoms with Crippen molar-refractivity contribution in [1.82, 2.24) is 5.32 Å². The summed E-state index contributed by atoms with van der Waals surface area (Å²) in [4.78, 5) is 2.42. The van der Waals surface area contributed by atoms with E-state index in [0.29, 0.717) is 6.04 Å². The smallest absolute Gasteiger partial charge is 0.0393 e. The molecule has 0 N–H and O–H groups in total. The lowest BCUT2D eigenvalue weighted by atomic mass is 10.1. The Morgan fingerprint density at radius 1 is 1.43 bits per heavy atom. The van der Waals surface area contributed by atoms with Crippen molar-refractivity contribution in [2.24, 2.45) is 0 Å². The molecule has 1 aromatic carbocycles. The normalized spacial score (nSPS) is 22.4. The maximum Gasteiger partial charge on any atom is 0.0393 e. The van der Waals surface area contributed by atoms with Gasteiger partial charge in [0.1, 0.15) is 0 Å². The Morgan fingerprint density at radius 2 is 2.29 bits per heavy atom. The third kappa shape index (κ3) is 2.07. The molecule has 0 aromatic heterocycles. The second kappa shape index (κ2) is 4.01. The summed E-state index contributed by atoms with van der Waals surface area (Å²) in [7, 11) is 0. The number of rotatable bonds is 1. The molecule has 0 bridgehead atoms. The Kier molecular flexibility index (Phi) is 2.73. The van der Waals surface area contributed by atoms with Crippen LogP contribution in [0.25, 0.3) is 0 Å². The van der Waals surface area contributed by atoms with E-state index in [1.54, 1.807) is 0 Å². The molecule has 14 heavy (non-hydrogen) atoms. The van der Waals surface area contributed by atoms with Gasteiger partial charge in [-0.05, 0) is 31.5 Å². The first kappa shape index (κ1) is 9.53. The molecule has 75 valence electrons. The molecule has 1 unspecified atom stereocenters. The van der Waals surface area contributed by atoms with Crippen LogP contribution in [-0.2, 0) is 0 Å². The van der Waals surface area contributed by atoms with Gasteiger partial charge in [-0.15, -0.1) is 0 Å². The summed E-state index contributed by atoms with van der Waals surface area (Å²) in [5, 5.41) is 4.49. The summed E-state index contributed by atoms with van der Waals surface area (Å²) in [6.45, 7) is 7.41. The van der Waals surface area contributed by atoms with Gasteiger partial charge in [-0.2, -0.15) is 0 Å². The van der Waals surface area contributed by atoms with Gasteiger partial charge in [-0.1, -0.05) is 12.1 Å². The highest BCUT2D eigenvalue weighted by Crippen LogP contribution is 2.17. The van der Waals surface area contributed by atoms with Gasteiger partial charge in [0.25, 0.3) is 0 Å². The zero-order valence-corrected chi connectivity index (χ0v) is 8.90. The van der Waals surface area contributed by atoms with Crippen molar-refractivity contribution >= 4 is 5.69 Å². The fourth-order valence-corrected chi connectivity index (χ4v) is 1.93. The van der Waals surface area contributed by atoms with Gasteiger partial charge in [-0.25, -0.2) is 5.32 Å². The van der Waals surface area contributed by atoms with Crippen molar-refractivity contribution in [2.75, 3.05) is 24.5 Å². The molecule has 2 nitrogen and oxygen atoms in total. The molecule has 1 atom stereocenters. The number of hydrogen-bond donors (Lipinski definition) is 0. The maximum atomic E-state index is 4.49. The summed E-state index contributed by atoms with van der Waals surface area (Å²) in [5.74, 6) is 0. The average Bonchev–Trinajstić information content (AvgIpc) is 2.18. The van der Waals surface area contributed by atoms with Crippen LogP contribution < -0.4 is 10.2 Å². The summed E-state index contributed by atoms with van der Waals surface area (Å²) in [6.07, 6.45) is 0. The average molecular weight is 189 g/mol. The van der Waals surface area contributed by atoms with Gasteiger partial charge in [0.15, 0.2) is 0 Å². The van der Waals surface area contributed by atoms with Crippen LogP contribution in [0.1, 0.15) is 12.5 Å². The molecule has 1 aromatic rings. The number of piperazine rings is 1. The number of aryl methyl sites for hydroxylation is 1. The van der Waals surface area contributed by atoms with Crippen molar-refractivity contribution in [3.8, 4) is 0 Å². The Balaban J connectivity index is 2.14. The van der Waals surface area contributed by atoms with Crippen LogP contribution in [0, 0.1) is 6.92 Å². The lowest BCUT2D eigenvalue weighted by molar-refractivity contribution is 0.475. The first-order valence-electron chi connectivity index (χ1n) is 5.24. The number of anilines is 1. The van der Waals surface area contributed by atoms with Gasteiger partial charge in [0.2, 0.25) is 0 Å². The van der Waals surface area contributed by atoms with E-state index in [1.807, 2.05) is 0 Å². The zero-order valence-electron chi connectivity index (χ0n) is 8.90. The van der Waals surface area contributed by atoms with E-state index in [-0.39, 0.29) is 0 Å². The summed E-state index contributed by atoms with van der Waals surface area (Å²) in [5.41, 5.74) is 2.67. The third-order valence-electron chi connectivity index (χ3n) is 2.66. The van der Waals surface area contributed by atoms with Gasteiger partial charge in [0.05, 0.1) is 0 Å². The van der Waals surface area contributed by atoms with Crippen LogP contribution in [0.5, 0.6) is 0 Å². The maximum absolute atomic E-state index is 4.49. The highest BCUT2D eigenvalue weighted by atomic mass is 15.2. The van der Waals surface area contributed by atoms with Crippen LogP contribution >= 0.6 is 0 Å². The molecule has 0 spiro atoms. The fourth-order valence-electron chi connectivity index (χ4n) is 1.93. The second-order valence-electron chi connectivity index (χ2n) is 4.04. The molecule has 0 amide bonds. The van der Waals surface area contributed by atoms with Crippen molar-refractivity contribution in [3.63, 3.8) is 0 Å². The minimum absolute atomic E-state index is 0.476. The first-order chi connectivity index (χ1) is 6.75. The summed E-state index contributed by atoms with van der Waals surface area (Å²) >= 11 is 0. The van der Waals surface area contributed by atoms with E-state index >= 15 is 0 Å². The highest BCUT2D eigenvalue weighted by molar-refractivity contribution is 5.48. The standard InChI is InChI=1S/C12H17N2/c1-10-4-3-5-12(8-10)14-7-6-13-11(2)9-14/h3-5,8,11H,6-7,9H2,1-2H3. The monoisotopic (exact) mass is 189 g/mol. The molecule has 1 fully saturated rings. The molecular formula is C12H17N2. The van der Waals surface area contributed by atoms with Gasteiger partial charge >= 0.3 is 0 Å². The molecular weight excluding hydrogens is 172 g/mol. The SMILES string of the molecule is Cc1cccc(N2CC[N]C(C)C2)c1. The van der Waals surface area contributed by atoms with Gasteiger partial charge < -0.3 is 4.90 Å². The molecule has 0 aliphatic carbocycles. The quantitative estimate of drug-likeness (QED) is 0.658. The van der Waals surface area contributed by atoms with E-state index in [2.05, 4.69) is 48.3 Å². The predicted molar refractivity (Wildman–Crippen MR) is 59.9 cm³/mol. The lowest BCUT2D eigenvalue weighted by Crippen LogP contribution is -2.45. The molecule has 2 heteroatoms. The molecule has 2 rings (SSSR count). The second-order valence-corrected chi connectivity index (χ2v) is 4.04. The Labute approximate surface area is 85.9 Å². The van der Waals surface area contributed by atoms with Crippen molar-refractivity contribution in [1.29, 1.82) is 0 Å². The highest BCUT2D eigenvalue weighted by Gasteiger charge is 2.16. The summed E-state index contributed by atoms with van der Waals surface area (Å²) in [6, 6.07) is 9.18. The Hall–Kier alpha value is -1.02. The summed E-state index contributed by atoms with van der Waals surface area (Å²) < 4.78 is 0. The topological polar surface area (TPSA) is 17.3 Å². The molecule has 0 saturated carbocycles.